The molecular weight excluding hydrogens is 294 g/mol. The highest BCUT2D eigenvalue weighted by molar-refractivity contribution is 5.84. The number of aromatic amines is 1. The van der Waals surface area contributed by atoms with Crippen molar-refractivity contribution in [1.82, 2.24) is 4.98 Å². The van der Waals surface area contributed by atoms with Crippen LogP contribution in [0.3, 0.4) is 0 Å². The second kappa shape index (κ2) is 7.44. The van der Waals surface area contributed by atoms with Crippen LogP contribution in [-0.2, 0) is 9.47 Å². The number of rotatable bonds is 6. The van der Waals surface area contributed by atoms with E-state index in [0.717, 1.165) is 22.3 Å². The maximum absolute atomic E-state index is 12.3. The molecule has 0 saturated carbocycles. The van der Waals surface area contributed by atoms with Gasteiger partial charge in [0, 0.05) is 36.9 Å². The smallest absolute Gasteiger partial charge is 0.191 e. The summed E-state index contributed by atoms with van der Waals surface area (Å²) < 4.78 is 16.0. The Balaban J connectivity index is 2.44. The molecule has 0 spiro atoms. The van der Waals surface area contributed by atoms with E-state index < -0.39 is 6.29 Å². The van der Waals surface area contributed by atoms with E-state index in [1.807, 2.05) is 26.8 Å². The van der Waals surface area contributed by atoms with Gasteiger partial charge in [0.15, 0.2) is 11.7 Å². The maximum atomic E-state index is 12.3. The predicted octanol–water partition coefficient (Wildman–Crippen LogP) is 3.26. The number of benzene rings is 1. The summed E-state index contributed by atoms with van der Waals surface area (Å²) in [6.07, 6.45) is 1.51. The van der Waals surface area contributed by atoms with Crippen LogP contribution in [0.15, 0.2) is 28.6 Å². The Morgan fingerprint density at radius 1 is 1.26 bits per heavy atom. The van der Waals surface area contributed by atoms with Crippen LogP contribution in [0, 0.1) is 6.92 Å². The van der Waals surface area contributed by atoms with E-state index in [0.29, 0.717) is 11.1 Å². The largest absolute Gasteiger partial charge is 0.488 e. The van der Waals surface area contributed by atoms with Crippen LogP contribution in [-0.4, -0.2) is 32.1 Å². The Labute approximate surface area is 135 Å². The van der Waals surface area contributed by atoms with Gasteiger partial charge in [0.2, 0.25) is 0 Å². The topological polar surface area (TPSA) is 60.5 Å². The molecule has 0 fully saturated rings. The highest BCUT2D eigenvalue weighted by atomic mass is 16.7. The molecule has 1 aromatic heterocycles. The van der Waals surface area contributed by atoms with Gasteiger partial charge in [0.25, 0.3) is 0 Å². The van der Waals surface area contributed by atoms with Crippen LogP contribution in [0.1, 0.15) is 25.1 Å². The van der Waals surface area contributed by atoms with E-state index in [2.05, 4.69) is 4.98 Å². The molecule has 5 nitrogen and oxygen atoms in total. The van der Waals surface area contributed by atoms with Gasteiger partial charge in [0.05, 0.1) is 5.52 Å². The molecule has 23 heavy (non-hydrogen) atoms. The van der Waals surface area contributed by atoms with Crippen molar-refractivity contribution in [3.63, 3.8) is 0 Å². The predicted molar refractivity (Wildman–Crippen MR) is 91.9 cm³/mol. The average molecular weight is 317 g/mol. The van der Waals surface area contributed by atoms with Gasteiger partial charge < -0.3 is 19.2 Å². The minimum Gasteiger partial charge on any atom is -0.488 e. The molecule has 0 aliphatic rings. The molecule has 0 bridgehead atoms. The molecule has 1 aromatic carbocycles. The highest BCUT2D eigenvalue weighted by Crippen LogP contribution is 2.25. The van der Waals surface area contributed by atoms with Crippen molar-refractivity contribution in [2.24, 2.45) is 0 Å². The lowest BCUT2D eigenvalue weighted by atomic mass is 10.1. The first-order valence-electron chi connectivity index (χ1n) is 7.46. The first kappa shape index (κ1) is 17.2. The number of H-pyrrole nitrogens is 1. The summed E-state index contributed by atoms with van der Waals surface area (Å²) in [6, 6.07) is 5.19. The quantitative estimate of drug-likeness (QED) is 0.831. The molecule has 0 unspecified atom stereocenters. The van der Waals surface area contributed by atoms with Gasteiger partial charge in [0.1, 0.15) is 12.4 Å². The number of nitrogens with one attached hydrogen (secondary N) is 1. The van der Waals surface area contributed by atoms with Crippen LogP contribution in [0.2, 0.25) is 0 Å². The van der Waals surface area contributed by atoms with Crippen molar-refractivity contribution in [3.8, 4) is 5.75 Å². The zero-order valence-electron chi connectivity index (χ0n) is 14.2. The number of aryl methyl sites for hydroxylation is 1. The number of pyridine rings is 1. The molecule has 0 radical (unpaired) electrons. The van der Waals surface area contributed by atoms with Gasteiger partial charge in [-0.1, -0.05) is 5.57 Å². The Bertz CT molecular complexity index is 768. The molecule has 124 valence electrons. The van der Waals surface area contributed by atoms with Crippen molar-refractivity contribution >= 4 is 17.0 Å². The van der Waals surface area contributed by atoms with Crippen molar-refractivity contribution in [2.45, 2.75) is 27.1 Å². The number of ether oxygens (including phenoxy) is 3. The van der Waals surface area contributed by atoms with Gasteiger partial charge >= 0.3 is 0 Å². The third-order valence-corrected chi connectivity index (χ3v) is 3.58. The van der Waals surface area contributed by atoms with Crippen LogP contribution >= 0.6 is 0 Å². The zero-order valence-corrected chi connectivity index (χ0v) is 14.2. The molecule has 0 atom stereocenters. The molecule has 2 rings (SSSR count). The molecule has 0 amide bonds. The Hall–Kier alpha value is -2.11. The van der Waals surface area contributed by atoms with E-state index in [9.17, 15) is 4.79 Å². The molecular formula is C18H23NO4. The SMILES string of the molecule is COC(COc1ccc2c(=O)cc(C=C(C)C)[nH]c2c1C)OC. The standard InChI is InChI=1S/C18H23NO4/c1-11(2)8-13-9-15(20)14-6-7-16(12(3)18(14)19-13)23-10-17(21-4)22-5/h6-9,17H,10H2,1-5H3,(H,19,20). The molecule has 1 heterocycles. The third kappa shape index (κ3) is 4.00. The van der Waals surface area contributed by atoms with E-state index in [1.54, 1.807) is 32.4 Å². The lowest BCUT2D eigenvalue weighted by molar-refractivity contribution is -0.122. The fourth-order valence-electron chi connectivity index (χ4n) is 2.39. The van der Waals surface area contributed by atoms with Crippen LogP contribution < -0.4 is 10.2 Å². The van der Waals surface area contributed by atoms with Gasteiger partial charge in [-0.15, -0.1) is 0 Å². The van der Waals surface area contributed by atoms with E-state index in [-0.39, 0.29) is 12.0 Å². The Morgan fingerprint density at radius 2 is 1.96 bits per heavy atom. The Kier molecular flexibility index (Phi) is 5.58. The number of allylic oxidation sites excluding steroid dienone is 1. The molecule has 5 heteroatoms. The van der Waals surface area contributed by atoms with Crippen molar-refractivity contribution in [3.05, 3.63) is 45.3 Å². The van der Waals surface area contributed by atoms with E-state index >= 15 is 0 Å². The van der Waals surface area contributed by atoms with E-state index in [1.165, 1.54) is 0 Å². The molecule has 0 saturated heterocycles. The second-order valence-corrected chi connectivity index (χ2v) is 5.63. The third-order valence-electron chi connectivity index (χ3n) is 3.58. The Morgan fingerprint density at radius 3 is 2.57 bits per heavy atom. The van der Waals surface area contributed by atoms with E-state index in [4.69, 9.17) is 14.2 Å². The lowest BCUT2D eigenvalue weighted by Crippen LogP contribution is -2.22. The van der Waals surface area contributed by atoms with Crippen LogP contribution in [0.5, 0.6) is 5.75 Å². The lowest BCUT2D eigenvalue weighted by Gasteiger charge is -2.16. The zero-order chi connectivity index (χ0) is 17.0. The van der Waals surface area contributed by atoms with Gasteiger partial charge in [-0.3, -0.25) is 4.79 Å². The minimum atomic E-state index is -0.429. The first-order valence-corrected chi connectivity index (χ1v) is 7.46. The summed E-state index contributed by atoms with van der Waals surface area (Å²) in [7, 11) is 3.13. The van der Waals surface area contributed by atoms with Crippen molar-refractivity contribution < 1.29 is 14.2 Å². The highest BCUT2D eigenvalue weighted by Gasteiger charge is 2.11. The van der Waals surface area contributed by atoms with Gasteiger partial charge in [-0.2, -0.15) is 0 Å². The fraction of sp³-hybridized carbons (Fsp3) is 0.389. The minimum absolute atomic E-state index is 0.00689. The summed E-state index contributed by atoms with van der Waals surface area (Å²) >= 11 is 0. The van der Waals surface area contributed by atoms with Crippen molar-refractivity contribution in [2.75, 3.05) is 20.8 Å². The summed E-state index contributed by atoms with van der Waals surface area (Å²) in [4.78, 5) is 15.6. The number of fused-ring (bicyclic) bond motifs is 1. The molecule has 0 aliphatic heterocycles. The number of methoxy groups -OCH3 is 2. The fourth-order valence-corrected chi connectivity index (χ4v) is 2.39. The summed E-state index contributed by atoms with van der Waals surface area (Å²) in [6.45, 7) is 6.18. The number of aromatic nitrogens is 1. The van der Waals surface area contributed by atoms with Crippen LogP contribution in [0.4, 0.5) is 0 Å². The van der Waals surface area contributed by atoms with Crippen LogP contribution in [0.25, 0.3) is 17.0 Å². The van der Waals surface area contributed by atoms with Crippen molar-refractivity contribution in [1.29, 1.82) is 0 Å². The summed E-state index contributed by atoms with van der Waals surface area (Å²) in [5, 5.41) is 0.649. The molecule has 1 N–H and O–H groups in total. The monoisotopic (exact) mass is 317 g/mol. The maximum Gasteiger partial charge on any atom is 0.191 e. The summed E-state index contributed by atoms with van der Waals surface area (Å²) in [5.41, 5.74) is 3.57. The molecule has 2 aromatic rings. The van der Waals surface area contributed by atoms with Gasteiger partial charge in [-0.05, 0) is 39.0 Å². The first-order chi connectivity index (χ1) is 11.0. The number of hydrogen-bond acceptors (Lipinski definition) is 4. The average Bonchev–Trinajstić information content (AvgIpc) is 2.50. The normalized spacial score (nSPS) is 11.0. The number of hydrogen-bond donors (Lipinski definition) is 1. The molecule has 0 aliphatic carbocycles. The summed E-state index contributed by atoms with van der Waals surface area (Å²) in [5.74, 6) is 0.696. The second-order valence-electron chi connectivity index (χ2n) is 5.63. The van der Waals surface area contributed by atoms with Gasteiger partial charge in [-0.25, -0.2) is 0 Å².